The van der Waals surface area contributed by atoms with Crippen molar-refractivity contribution in [1.29, 1.82) is 0 Å². The van der Waals surface area contributed by atoms with E-state index in [1.165, 1.54) is 8.66 Å². The Morgan fingerprint density at radius 2 is 2.42 bits per heavy atom. The number of aromatic nitrogens is 2. The summed E-state index contributed by atoms with van der Waals surface area (Å²) in [6, 6.07) is 6.33. The fourth-order valence-corrected chi connectivity index (χ4v) is 3.81. The molecule has 2 aromatic rings. The van der Waals surface area contributed by atoms with Crippen molar-refractivity contribution in [2.45, 2.75) is 13.0 Å². The van der Waals surface area contributed by atoms with E-state index >= 15 is 0 Å². The van der Waals surface area contributed by atoms with Gasteiger partial charge in [-0.15, -0.1) is 11.3 Å². The van der Waals surface area contributed by atoms with Gasteiger partial charge in [-0.25, -0.2) is 4.68 Å². The molecule has 19 heavy (non-hydrogen) atoms. The van der Waals surface area contributed by atoms with Gasteiger partial charge in [0.15, 0.2) is 0 Å². The van der Waals surface area contributed by atoms with Gasteiger partial charge in [0, 0.05) is 36.5 Å². The molecule has 1 atom stereocenters. The quantitative estimate of drug-likeness (QED) is 0.822. The largest absolute Gasteiger partial charge is 0.370 e. The molecule has 2 N–H and O–H groups in total. The average Bonchev–Trinajstić information content (AvgIpc) is 3.03. The van der Waals surface area contributed by atoms with E-state index in [-0.39, 0.29) is 0 Å². The van der Waals surface area contributed by atoms with Crippen LogP contribution in [0.25, 0.3) is 0 Å². The van der Waals surface area contributed by atoms with Crippen LogP contribution in [0.1, 0.15) is 4.88 Å². The highest BCUT2D eigenvalue weighted by atomic mass is 79.9. The fraction of sp³-hybridized carbons (Fsp3) is 0.462. The second kappa shape index (κ2) is 6.07. The van der Waals surface area contributed by atoms with Gasteiger partial charge in [0.25, 0.3) is 0 Å². The second-order valence-electron chi connectivity index (χ2n) is 4.81. The third kappa shape index (κ3) is 3.38. The number of halogens is 1. The molecule has 0 saturated heterocycles. The highest BCUT2D eigenvalue weighted by Gasteiger charge is 2.17. The number of nitrogens with one attached hydrogen (secondary N) is 2. The Balaban J connectivity index is 1.39. The van der Waals surface area contributed by atoms with Gasteiger partial charge in [-0.05, 0) is 41.0 Å². The molecule has 1 aliphatic rings. The molecular weight excluding hydrogens is 324 g/mol. The Morgan fingerprint density at radius 1 is 1.47 bits per heavy atom. The number of hydrogen-bond donors (Lipinski definition) is 2. The van der Waals surface area contributed by atoms with Crippen molar-refractivity contribution in [2.75, 3.05) is 25.0 Å². The van der Waals surface area contributed by atoms with Crippen LogP contribution in [-0.2, 0) is 13.0 Å². The lowest BCUT2D eigenvalue weighted by Gasteiger charge is -2.25. The van der Waals surface area contributed by atoms with Crippen LogP contribution in [0, 0.1) is 5.92 Å². The molecule has 0 bridgehead atoms. The summed E-state index contributed by atoms with van der Waals surface area (Å²) in [5.74, 6) is 1.75. The van der Waals surface area contributed by atoms with E-state index in [1.54, 1.807) is 0 Å². The minimum atomic E-state index is 0.613. The van der Waals surface area contributed by atoms with E-state index in [4.69, 9.17) is 0 Å². The van der Waals surface area contributed by atoms with E-state index in [9.17, 15) is 0 Å². The summed E-state index contributed by atoms with van der Waals surface area (Å²) in [7, 11) is 0. The van der Waals surface area contributed by atoms with E-state index in [0.29, 0.717) is 5.92 Å². The van der Waals surface area contributed by atoms with Crippen LogP contribution in [0.5, 0.6) is 0 Å². The number of anilines is 1. The molecule has 2 aromatic heterocycles. The number of hydrogen-bond acceptors (Lipinski definition) is 4. The van der Waals surface area contributed by atoms with E-state index < -0.39 is 0 Å². The van der Waals surface area contributed by atoms with E-state index in [1.807, 2.05) is 28.3 Å². The molecule has 0 aromatic carbocycles. The van der Waals surface area contributed by atoms with E-state index in [2.05, 4.69) is 43.8 Å². The molecule has 3 heterocycles. The zero-order valence-corrected chi connectivity index (χ0v) is 13.0. The molecule has 0 saturated carbocycles. The summed E-state index contributed by atoms with van der Waals surface area (Å²) in [4.78, 5) is 1.43. The zero-order chi connectivity index (χ0) is 13.1. The molecule has 0 fully saturated rings. The van der Waals surface area contributed by atoms with Crippen LogP contribution >= 0.6 is 27.3 Å². The monoisotopic (exact) mass is 340 g/mol. The summed E-state index contributed by atoms with van der Waals surface area (Å²) in [5.41, 5.74) is 0. The number of rotatable bonds is 5. The highest BCUT2D eigenvalue weighted by Crippen LogP contribution is 2.22. The maximum atomic E-state index is 4.31. The van der Waals surface area contributed by atoms with Gasteiger partial charge >= 0.3 is 0 Å². The highest BCUT2D eigenvalue weighted by molar-refractivity contribution is 9.11. The molecule has 1 aliphatic heterocycles. The van der Waals surface area contributed by atoms with Crippen LogP contribution < -0.4 is 10.6 Å². The molecule has 0 amide bonds. The SMILES string of the molecule is Brc1ccc(CCNCC2CNc3ccnn3C2)s1. The summed E-state index contributed by atoms with van der Waals surface area (Å²) in [6.45, 7) is 4.12. The van der Waals surface area contributed by atoms with Gasteiger partial charge in [0.1, 0.15) is 5.82 Å². The predicted octanol–water partition coefficient (Wildman–Crippen LogP) is 2.58. The fourth-order valence-electron chi connectivity index (χ4n) is 2.33. The number of fused-ring (bicyclic) bond motifs is 1. The van der Waals surface area contributed by atoms with E-state index in [0.717, 1.165) is 38.4 Å². The molecule has 102 valence electrons. The Labute approximate surface area is 125 Å². The van der Waals surface area contributed by atoms with Crippen molar-refractivity contribution in [2.24, 2.45) is 5.92 Å². The van der Waals surface area contributed by atoms with Gasteiger partial charge in [0.2, 0.25) is 0 Å². The summed E-state index contributed by atoms with van der Waals surface area (Å²) in [6.07, 6.45) is 2.95. The Bertz CT molecular complexity index is 536. The van der Waals surface area contributed by atoms with Crippen molar-refractivity contribution in [3.05, 3.63) is 33.1 Å². The third-order valence-electron chi connectivity index (χ3n) is 3.33. The second-order valence-corrected chi connectivity index (χ2v) is 7.35. The van der Waals surface area contributed by atoms with Gasteiger partial charge in [-0.1, -0.05) is 0 Å². The Hall–Kier alpha value is -0.850. The number of thiophene rings is 1. The van der Waals surface area contributed by atoms with Crippen LogP contribution in [0.4, 0.5) is 5.82 Å². The van der Waals surface area contributed by atoms with Crippen molar-refractivity contribution >= 4 is 33.1 Å². The van der Waals surface area contributed by atoms with Gasteiger partial charge in [0.05, 0.1) is 9.98 Å². The lowest BCUT2D eigenvalue weighted by Crippen LogP contribution is -2.35. The van der Waals surface area contributed by atoms with Crippen molar-refractivity contribution in [3.63, 3.8) is 0 Å². The molecule has 0 spiro atoms. The zero-order valence-electron chi connectivity index (χ0n) is 10.6. The normalized spacial score (nSPS) is 18.1. The smallest absolute Gasteiger partial charge is 0.124 e. The minimum Gasteiger partial charge on any atom is -0.370 e. The standard InChI is InChI=1S/C13H17BrN4S/c14-12-2-1-11(19-12)3-5-15-7-10-8-16-13-4-6-17-18(13)9-10/h1-2,4,6,10,15-16H,3,5,7-9H2. The predicted molar refractivity (Wildman–Crippen MR) is 82.8 cm³/mol. The first kappa shape index (κ1) is 13.1. The summed E-state index contributed by atoms with van der Waals surface area (Å²) >= 11 is 5.31. The van der Waals surface area contributed by atoms with Crippen molar-refractivity contribution in [3.8, 4) is 0 Å². The van der Waals surface area contributed by atoms with Gasteiger partial charge in [-0.3, -0.25) is 0 Å². The first-order valence-corrected chi connectivity index (χ1v) is 8.13. The summed E-state index contributed by atoms with van der Waals surface area (Å²) in [5, 5.41) is 11.3. The maximum absolute atomic E-state index is 4.31. The Kier molecular flexibility index (Phi) is 4.20. The van der Waals surface area contributed by atoms with Crippen molar-refractivity contribution < 1.29 is 0 Å². The average molecular weight is 341 g/mol. The first-order valence-electron chi connectivity index (χ1n) is 6.52. The molecule has 4 nitrogen and oxygen atoms in total. The molecule has 0 aliphatic carbocycles. The molecule has 3 rings (SSSR count). The van der Waals surface area contributed by atoms with Crippen LogP contribution in [-0.4, -0.2) is 29.4 Å². The van der Waals surface area contributed by atoms with Crippen molar-refractivity contribution in [1.82, 2.24) is 15.1 Å². The third-order valence-corrected chi connectivity index (χ3v) is 5.01. The number of nitrogens with zero attached hydrogens (tertiary/aromatic N) is 2. The summed E-state index contributed by atoms with van der Waals surface area (Å²) < 4.78 is 3.26. The molecule has 6 heteroatoms. The molecule has 1 unspecified atom stereocenters. The van der Waals surface area contributed by atoms with Gasteiger partial charge < -0.3 is 10.6 Å². The van der Waals surface area contributed by atoms with Crippen LogP contribution in [0.2, 0.25) is 0 Å². The molecule has 0 radical (unpaired) electrons. The Morgan fingerprint density at radius 3 is 3.26 bits per heavy atom. The lowest BCUT2D eigenvalue weighted by atomic mass is 10.1. The van der Waals surface area contributed by atoms with Gasteiger partial charge in [-0.2, -0.15) is 5.10 Å². The van der Waals surface area contributed by atoms with Crippen LogP contribution in [0.15, 0.2) is 28.2 Å². The first-order chi connectivity index (χ1) is 9.31. The molecular formula is C13H17BrN4S. The van der Waals surface area contributed by atoms with Crippen LogP contribution in [0.3, 0.4) is 0 Å². The topological polar surface area (TPSA) is 41.9 Å². The minimum absolute atomic E-state index is 0.613. The maximum Gasteiger partial charge on any atom is 0.124 e. The lowest BCUT2D eigenvalue weighted by molar-refractivity contribution is 0.393.